The molecule has 0 spiro atoms. The Labute approximate surface area is 342 Å². The molecule has 0 radical (unpaired) electrons. The van der Waals surface area contributed by atoms with E-state index in [0.717, 1.165) is 76.8 Å². The molecule has 282 valence electrons. The van der Waals surface area contributed by atoms with Crippen molar-refractivity contribution in [2.75, 3.05) is 0 Å². The fraction of sp³-hybridized carbons (Fsp3) is 0. The second-order valence-corrected chi connectivity index (χ2v) is 15.2. The summed E-state index contributed by atoms with van der Waals surface area (Å²) >= 11 is 0. The van der Waals surface area contributed by atoms with Crippen LogP contribution in [0.3, 0.4) is 0 Å². The lowest BCUT2D eigenvalue weighted by Crippen LogP contribution is -2.06. The zero-order chi connectivity index (χ0) is 39.9. The van der Waals surface area contributed by atoms with Crippen LogP contribution in [0.2, 0.25) is 0 Å². The average Bonchev–Trinajstić information content (AvgIpc) is 3.81. The molecule has 5 nitrogen and oxygen atoms in total. The minimum atomic E-state index is -0.290. The van der Waals surface area contributed by atoms with Gasteiger partial charge in [-0.05, 0) is 118 Å². The lowest BCUT2D eigenvalue weighted by atomic mass is 10.0. The molecule has 12 rings (SSSR count). The molecular weight excluding hydrogens is 745 g/mol. The van der Waals surface area contributed by atoms with Gasteiger partial charge >= 0.3 is 0 Å². The predicted molar refractivity (Wildman–Crippen MR) is 240 cm³/mol. The highest BCUT2D eigenvalue weighted by Gasteiger charge is 2.20. The molecular formula is C53H31F2N5. The van der Waals surface area contributed by atoms with Crippen molar-refractivity contribution in [2.45, 2.75) is 0 Å². The molecule has 3 aromatic heterocycles. The quantitative estimate of drug-likeness (QED) is 0.175. The van der Waals surface area contributed by atoms with E-state index >= 15 is 0 Å². The third-order valence-corrected chi connectivity index (χ3v) is 11.6. The van der Waals surface area contributed by atoms with Crippen molar-refractivity contribution >= 4 is 65.2 Å². The molecule has 0 saturated carbocycles. The molecule has 12 aromatic rings. The van der Waals surface area contributed by atoms with E-state index in [9.17, 15) is 8.78 Å². The maximum atomic E-state index is 14.1. The van der Waals surface area contributed by atoms with Crippen molar-refractivity contribution in [1.82, 2.24) is 24.1 Å². The maximum absolute atomic E-state index is 14.1. The number of rotatable bonds is 5. The van der Waals surface area contributed by atoms with Gasteiger partial charge in [0.15, 0.2) is 11.6 Å². The first-order valence-electron chi connectivity index (χ1n) is 19.8. The minimum absolute atomic E-state index is 0.290. The molecule has 0 amide bonds. The van der Waals surface area contributed by atoms with Crippen LogP contribution < -0.4 is 0 Å². The molecule has 0 N–H and O–H groups in total. The van der Waals surface area contributed by atoms with Gasteiger partial charge in [0.2, 0.25) is 5.95 Å². The minimum Gasteiger partial charge on any atom is -0.309 e. The van der Waals surface area contributed by atoms with Crippen molar-refractivity contribution < 1.29 is 8.78 Å². The second-order valence-electron chi connectivity index (χ2n) is 15.2. The van der Waals surface area contributed by atoms with Gasteiger partial charge in [-0.2, -0.15) is 9.97 Å². The molecule has 0 aliphatic heterocycles. The van der Waals surface area contributed by atoms with Crippen molar-refractivity contribution in [3.05, 3.63) is 200 Å². The van der Waals surface area contributed by atoms with Gasteiger partial charge in [-0.3, -0.25) is 4.57 Å². The number of halogens is 2. The highest BCUT2D eigenvalue weighted by atomic mass is 19.1. The Morgan fingerprint density at radius 2 is 0.750 bits per heavy atom. The van der Waals surface area contributed by atoms with Gasteiger partial charge in [0.05, 0.1) is 22.1 Å². The Morgan fingerprint density at radius 3 is 1.32 bits per heavy atom. The molecule has 0 unspecified atom stereocenters. The molecule has 0 atom stereocenters. The number of fused-ring (bicyclic) bond motifs is 8. The van der Waals surface area contributed by atoms with Gasteiger partial charge in [-0.15, -0.1) is 0 Å². The SMILES string of the molecule is Fc1ccc2cc(-c3nc(-c4ccc5cc(F)ccc5c4)nc(-n4c5ccccc5c5cc(-c6ccc7c(c6)c6ccccc6n7-c6ccccc6)ccc54)n3)ccc2c1. The van der Waals surface area contributed by atoms with E-state index in [4.69, 9.17) is 15.0 Å². The summed E-state index contributed by atoms with van der Waals surface area (Å²) in [5, 5.41) is 7.85. The first-order valence-corrected chi connectivity index (χ1v) is 19.8. The lowest BCUT2D eigenvalue weighted by Gasteiger charge is -2.12. The van der Waals surface area contributed by atoms with Gasteiger partial charge < -0.3 is 4.57 Å². The van der Waals surface area contributed by atoms with Crippen LogP contribution in [-0.2, 0) is 0 Å². The van der Waals surface area contributed by atoms with Crippen LogP contribution in [0.1, 0.15) is 0 Å². The molecule has 7 heteroatoms. The number of hydrogen-bond donors (Lipinski definition) is 0. The standard InChI is InChI=1S/C53H31F2N5/c54-40-22-18-32-26-38(16-14-34(32)28-40)51-56-52(39-17-15-35-29-41(55)23-19-33(35)27-39)58-53(57-51)60-48-13-7-5-11-44(48)46-31-37(21-25-50(46)60)36-20-24-49-45(30-36)43-10-4-6-12-47(43)59(49)42-8-2-1-3-9-42/h1-31H. The van der Waals surface area contributed by atoms with Crippen molar-refractivity contribution in [1.29, 1.82) is 0 Å². The Hall–Kier alpha value is -8.03. The second kappa shape index (κ2) is 13.3. The first-order chi connectivity index (χ1) is 29.5. The summed E-state index contributed by atoms with van der Waals surface area (Å²) in [6.07, 6.45) is 0. The average molecular weight is 776 g/mol. The smallest absolute Gasteiger partial charge is 0.238 e. The molecule has 0 bridgehead atoms. The van der Waals surface area contributed by atoms with Crippen LogP contribution in [0.25, 0.3) is 111 Å². The van der Waals surface area contributed by atoms with Crippen LogP contribution in [0.4, 0.5) is 8.78 Å². The molecule has 0 saturated heterocycles. The van der Waals surface area contributed by atoms with Crippen molar-refractivity contribution in [2.24, 2.45) is 0 Å². The Morgan fingerprint density at radius 1 is 0.317 bits per heavy atom. The molecule has 0 aliphatic carbocycles. The van der Waals surface area contributed by atoms with E-state index in [1.165, 1.54) is 40.6 Å². The molecule has 0 fully saturated rings. The summed E-state index contributed by atoms with van der Waals surface area (Å²) in [5.41, 5.74) is 9.12. The number of benzene rings is 9. The molecule has 3 heterocycles. The third kappa shape index (κ3) is 5.47. The lowest BCUT2D eigenvalue weighted by molar-refractivity contribution is 0.629. The summed E-state index contributed by atoms with van der Waals surface area (Å²) in [5.74, 6) is 0.836. The van der Waals surface area contributed by atoms with E-state index in [2.05, 4.69) is 112 Å². The number of aromatic nitrogens is 5. The summed E-state index contributed by atoms with van der Waals surface area (Å²) in [6, 6.07) is 61.8. The van der Waals surface area contributed by atoms with Crippen LogP contribution in [0, 0.1) is 11.6 Å². The monoisotopic (exact) mass is 775 g/mol. The Bertz CT molecular complexity index is 3600. The van der Waals surface area contributed by atoms with Crippen LogP contribution in [0.5, 0.6) is 0 Å². The van der Waals surface area contributed by atoms with Gasteiger partial charge in [-0.25, -0.2) is 13.8 Å². The molecule has 9 aromatic carbocycles. The summed E-state index contributed by atoms with van der Waals surface area (Å²) in [4.78, 5) is 15.3. The fourth-order valence-electron chi connectivity index (χ4n) is 8.81. The molecule has 60 heavy (non-hydrogen) atoms. The van der Waals surface area contributed by atoms with E-state index < -0.39 is 0 Å². The van der Waals surface area contributed by atoms with Crippen molar-refractivity contribution in [3.8, 4) is 45.5 Å². The molecule has 0 aliphatic rings. The Balaban J connectivity index is 1.05. The number of para-hydroxylation sites is 3. The number of hydrogen-bond acceptors (Lipinski definition) is 3. The van der Waals surface area contributed by atoms with Gasteiger partial charge in [0.25, 0.3) is 0 Å². The normalized spacial score (nSPS) is 11.8. The van der Waals surface area contributed by atoms with Crippen LogP contribution in [0.15, 0.2) is 188 Å². The van der Waals surface area contributed by atoms with Gasteiger partial charge in [0, 0.05) is 38.4 Å². The Kier molecular flexibility index (Phi) is 7.53. The van der Waals surface area contributed by atoms with E-state index in [0.29, 0.717) is 17.6 Å². The van der Waals surface area contributed by atoms with Gasteiger partial charge in [0.1, 0.15) is 11.6 Å². The van der Waals surface area contributed by atoms with Crippen molar-refractivity contribution in [3.63, 3.8) is 0 Å². The number of nitrogens with zero attached hydrogens (tertiary/aromatic N) is 5. The topological polar surface area (TPSA) is 48.5 Å². The largest absolute Gasteiger partial charge is 0.309 e. The highest BCUT2D eigenvalue weighted by Crippen LogP contribution is 2.38. The summed E-state index contributed by atoms with van der Waals surface area (Å²) in [6.45, 7) is 0. The fourth-order valence-corrected chi connectivity index (χ4v) is 8.81. The first kappa shape index (κ1) is 34.0. The van der Waals surface area contributed by atoms with Gasteiger partial charge in [-0.1, -0.05) is 103 Å². The van der Waals surface area contributed by atoms with E-state index in [1.807, 2.05) is 48.5 Å². The van der Waals surface area contributed by atoms with E-state index in [-0.39, 0.29) is 11.6 Å². The van der Waals surface area contributed by atoms with E-state index in [1.54, 1.807) is 12.1 Å². The summed E-state index contributed by atoms with van der Waals surface area (Å²) in [7, 11) is 0. The zero-order valence-corrected chi connectivity index (χ0v) is 31.9. The zero-order valence-electron chi connectivity index (χ0n) is 31.9. The van der Waals surface area contributed by atoms with Crippen LogP contribution in [-0.4, -0.2) is 24.1 Å². The predicted octanol–water partition coefficient (Wildman–Crippen LogP) is 13.7. The highest BCUT2D eigenvalue weighted by molar-refractivity contribution is 6.12. The van der Waals surface area contributed by atoms with Crippen LogP contribution >= 0.6 is 0 Å². The summed E-state index contributed by atoms with van der Waals surface area (Å²) < 4.78 is 32.7. The third-order valence-electron chi connectivity index (χ3n) is 11.6. The maximum Gasteiger partial charge on any atom is 0.238 e.